The predicted octanol–water partition coefficient (Wildman–Crippen LogP) is 3.71. The lowest BCUT2D eigenvalue weighted by atomic mass is 10.2. The summed E-state index contributed by atoms with van der Waals surface area (Å²) < 4.78 is 0. The number of anilines is 2. The van der Waals surface area contributed by atoms with Gasteiger partial charge >= 0.3 is 0 Å². The van der Waals surface area contributed by atoms with Crippen molar-refractivity contribution in [3.05, 3.63) is 47.7 Å². The van der Waals surface area contributed by atoms with E-state index in [1.54, 1.807) is 23.9 Å². The molecule has 0 bridgehead atoms. The zero-order chi connectivity index (χ0) is 15.5. The van der Waals surface area contributed by atoms with E-state index in [4.69, 9.17) is 11.6 Å². The number of fused-ring (bicyclic) bond motifs is 2. The fourth-order valence-corrected chi connectivity index (χ4v) is 3.90. The molecule has 0 amide bonds. The van der Waals surface area contributed by atoms with Gasteiger partial charge in [-0.25, -0.2) is 5.21 Å². The van der Waals surface area contributed by atoms with E-state index < -0.39 is 5.23 Å². The Labute approximate surface area is 138 Å². The Balaban J connectivity index is 1.98. The molecule has 4 nitrogen and oxygen atoms in total. The lowest BCUT2D eigenvalue weighted by molar-refractivity contribution is -0.991. The molecule has 1 aliphatic rings. The number of para-hydroxylation sites is 1. The largest absolute Gasteiger partial charge is 0.595 e. The molecule has 1 atom stereocenters. The molecule has 2 aromatic carbocycles. The number of hydrogen-bond acceptors (Lipinski definition) is 4. The molecular weight excluding hydrogens is 320 g/mol. The van der Waals surface area contributed by atoms with Crippen LogP contribution in [0.15, 0.2) is 52.3 Å². The van der Waals surface area contributed by atoms with Crippen LogP contribution in [-0.4, -0.2) is 17.6 Å². The van der Waals surface area contributed by atoms with Crippen molar-refractivity contribution in [3.8, 4) is 0 Å². The second-order valence-electron chi connectivity index (χ2n) is 5.11. The topological polar surface area (TPSA) is 51.0 Å². The van der Waals surface area contributed by atoms with E-state index in [1.807, 2.05) is 18.2 Å². The molecule has 0 fully saturated rings. The highest BCUT2D eigenvalue weighted by molar-refractivity contribution is 7.99. The highest BCUT2D eigenvalue weighted by atomic mass is 35.5. The van der Waals surface area contributed by atoms with Crippen LogP contribution in [0.1, 0.15) is 12.8 Å². The van der Waals surface area contributed by atoms with Crippen LogP contribution >= 0.6 is 23.4 Å². The number of nitrogens with zero attached hydrogens (tertiary/aromatic N) is 1. The molecule has 0 saturated carbocycles. The monoisotopic (exact) mass is 336 g/mol. The minimum atomic E-state index is -0.893. The molecule has 1 aliphatic heterocycles. The summed E-state index contributed by atoms with van der Waals surface area (Å²) in [5.41, 5.74) is 2.58. The van der Waals surface area contributed by atoms with Gasteiger partial charge in [-0.2, -0.15) is 5.23 Å². The van der Waals surface area contributed by atoms with Crippen molar-refractivity contribution in [1.82, 2.24) is 0 Å². The molecule has 2 aromatic rings. The summed E-state index contributed by atoms with van der Waals surface area (Å²) >= 11 is 7.41. The van der Waals surface area contributed by atoms with Crippen LogP contribution in [0, 0.1) is 5.21 Å². The minimum Gasteiger partial charge on any atom is -0.595 e. The third kappa shape index (κ3) is 3.09. The highest BCUT2D eigenvalue weighted by Gasteiger charge is 2.23. The van der Waals surface area contributed by atoms with Crippen molar-refractivity contribution in [2.75, 3.05) is 17.3 Å². The van der Waals surface area contributed by atoms with Crippen molar-refractivity contribution in [3.63, 3.8) is 0 Å². The molecule has 3 rings (SSSR count). The van der Waals surface area contributed by atoms with Gasteiger partial charge in [-0.3, -0.25) is 0 Å². The summed E-state index contributed by atoms with van der Waals surface area (Å²) in [6, 6.07) is 13.6. The molecule has 22 heavy (non-hydrogen) atoms. The van der Waals surface area contributed by atoms with Gasteiger partial charge < -0.3 is 10.1 Å². The first kappa shape index (κ1) is 15.6. The molecule has 0 radical (unpaired) electrons. The average molecular weight is 337 g/mol. The Morgan fingerprint density at radius 2 is 1.86 bits per heavy atom. The number of nitrogens with one attached hydrogen (secondary N) is 1. The number of unbranched alkanes of at least 4 members (excludes halogenated alkanes) is 1. The van der Waals surface area contributed by atoms with Gasteiger partial charge in [-0.05, 0) is 31.0 Å². The molecule has 6 heteroatoms. The van der Waals surface area contributed by atoms with Crippen molar-refractivity contribution in [1.29, 1.82) is 0 Å². The predicted molar refractivity (Wildman–Crippen MR) is 89.7 cm³/mol. The van der Waals surface area contributed by atoms with E-state index in [9.17, 15) is 10.4 Å². The van der Waals surface area contributed by atoms with Crippen molar-refractivity contribution < 1.29 is 10.4 Å². The summed E-state index contributed by atoms with van der Waals surface area (Å²) in [6.07, 6.45) is 1.97. The Morgan fingerprint density at radius 1 is 1.09 bits per heavy atom. The van der Waals surface area contributed by atoms with Crippen LogP contribution < -0.4 is 10.1 Å². The Morgan fingerprint density at radius 3 is 2.64 bits per heavy atom. The molecule has 0 spiro atoms. The minimum absolute atomic E-state index is 0.325. The molecule has 0 aromatic heterocycles. The van der Waals surface area contributed by atoms with Crippen molar-refractivity contribution in [2.24, 2.45) is 0 Å². The van der Waals surface area contributed by atoms with E-state index >= 15 is 0 Å². The molecular formula is C16H17ClN2O2S. The van der Waals surface area contributed by atoms with Crippen molar-refractivity contribution >= 4 is 40.4 Å². The van der Waals surface area contributed by atoms with E-state index in [0.717, 1.165) is 34.9 Å². The van der Waals surface area contributed by atoms with Crippen LogP contribution in [0.3, 0.4) is 0 Å². The first-order valence-corrected chi connectivity index (χ1v) is 8.53. The Hall–Kier alpha value is -1.24. The molecule has 116 valence electrons. The van der Waals surface area contributed by atoms with Crippen LogP contribution in [0.2, 0.25) is 0 Å². The van der Waals surface area contributed by atoms with E-state index in [2.05, 4.69) is 17.0 Å². The van der Waals surface area contributed by atoms with Gasteiger partial charge in [0, 0.05) is 34.3 Å². The SMILES string of the molecule is [O-][NH+](O)c1ccc2c(c1)Sc1ccccc1N2CCCCCl. The first-order valence-electron chi connectivity index (χ1n) is 7.18. The van der Waals surface area contributed by atoms with Gasteiger partial charge in [0.1, 0.15) is 0 Å². The zero-order valence-corrected chi connectivity index (χ0v) is 13.5. The quantitative estimate of drug-likeness (QED) is 0.496. The number of halogens is 1. The molecule has 1 heterocycles. The summed E-state index contributed by atoms with van der Waals surface area (Å²) in [7, 11) is 0. The molecule has 0 saturated heterocycles. The van der Waals surface area contributed by atoms with Crippen LogP contribution in [0.4, 0.5) is 17.1 Å². The van der Waals surface area contributed by atoms with Gasteiger partial charge in [-0.15, -0.1) is 11.6 Å². The van der Waals surface area contributed by atoms with Gasteiger partial charge in [0.15, 0.2) is 5.69 Å². The fourth-order valence-electron chi connectivity index (χ4n) is 2.57. The zero-order valence-electron chi connectivity index (χ0n) is 12.0. The molecule has 1 unspecified atom stereocenters. The van der Waals surface area contributed by atoms with Crippen LogP contribution in [-0.2, 0) is 0 Å². The summed E-state index contributed by atoms with van der Waals surface area (Å²) in [5.74, 6) is 0.662. The van der Waals surface area contributed by atoms with E-state index in [0.29, 0.717) is 11.6 Å². The molecule has 2 N–H and O–H groups in total. The van der Waals surface area contributed by atoms with E-state index in [-0.39, 0.29) is 0 Å². The van der Waals surface area contributed by atoms with Gasteiger partial charge in [-0.1, -0.05) is 23.9 Å². The normalized spacial score (nSPS) is 14.4. The maximum absolute atomic E-state index is 11.2. The number of benzene rings is 2. The third-order valence-electron chi connectivity index (χ3n) is 3.64. The lowest BCUT2D eigenvalue weighted by Gasteiger charge is -2.33. The first-order chi connectivity index (χ1) is 10.7. The van der Waals surface area contributed by atoms with Crippen LogP contribution in [0.5, 0.6) is 0 Å². The highest BCUT2D eigenvalue weighted by Crippen LogP contribution is 2.48. The van der Waals surface area contributed by atoms with Gasteiger partial charge in [0.2, 0.25) is 0 Å². The standard InChI is InChI=1S/C16H17ClN2O2S/c17-9-3-4-10-18-13-5-1-2-6-15(13)22-16-11-12(19(20)21)7-8-14(16)18/h1-2,5-8,11,19-20H,3-4,9-10H2. The number of rotatable bonds is 5. The number of hydrogen-bond donors (Lipinski definition) is 2. The Bertz CT molecular complexity index is 666. The summed E-state index contributed by atoms with van der Waals surface area (Å²) in [5, 5.41) is 19.5. The maximum atomic E-state index is 11.2. The summed E-state index contributed by atoms with van der Waals surface area (Å²) in [4.78, 5) is 4.41. The average Bonchev–Trinajstić information content (AvgIpc) is 2.53. The summed E-state index contributed by atoms with van der Waals surface area (Å²) in [6.45, 7) is 0.879. The Kier molecular flexibility index (Phi) is 4.90. The fraction of sp³-hybridized carbons (Fsp3) is 0.250. The number of alkyl halides is 1. The van der Waals surface area contributed by atoms with E-state index in [1.165, 1.54) is 5.69 Å². The second-order valence-corrected chi connectivity index (χ2v) is 6.57. The van der Waals surface area contributed by atoms with Crippen LogP contribution in [0.25, 0.3) is 0 Å². The smallest absolute Gasteiger partial charge is 0.165 e. The lowest BCUT2D eigenvalue weighted by Crippen LogP contribution is -2.99. The molecule has 0 aliphatic carbocycles. The third-order valence-corrected chi connectivity index (χ3v) is 5.02. The van der Waals surface area contributed by atoms with Gasteiger partial charge in [0.05, 0.1) is 11.4 Å². The number of quaternary nitrogens is 1. The van der Waals surface area contributed by atoms with Crippen molar-refractivity contribution in [2.45, 2.75) is 22.6 Å². The second kappa shape index (κ2) is 6.89. The maximum Gasteiger partial charge on any atom is 0.165 e. The van der Waals surface area contributed by atoms with Gasteiger partial charge in [0.25, 0.3) is 0 Å².